The number of furan rings is 1. The lowest BCUT2D eigenvalue weighted by molar-refractivity contribution is 0.484. The maximum Gasteiger partial charge on any atom is 0.117 e. The Morgan fingerprint density at radius 1 is 1.28 bits per heavy atom. The van der Waals surface area contributed by atoms with Gasteiger partial charge in [0.05, 0.1) is 17.8 Å². The minimum atomic E-state index is 0.458. The second kappa shape index (κ2) is 6.88. The second-order valence-electron chi connectivity index (χ2n) is 4.07. The summed E-state index contributed by atoms with van der Waals surface area (Å²) < 4.78 is 5.26. The van der Waals surface area contributed by atoms with Crippen molar-refractivity contribution in [1.29, 1.82) is 0 Å². The van der Waals surface area contributed by atoms with Gasteiger partial charge >= 0.3 is 0 Å². The number of thioether (sulfide) groups is 1. The van der Waals surface area contributed by atoms with Crippen molar-refractivity contribution in [3.8, 4) is 0 Å². The zero-order valence-corrected chi connectivity index (χ0v) is 11.8. The van der Waals surface area contributed by atoms with Gasteiger partial charge in [0.15, 0.2) is 0 Å². The van der Waals surface area contributed by atoms with E-state index in [-0.39, 0.29) is 0 Å². The summed E-state index contributed by atoms with van der Waals surface area (Å²) in [6.07, 6.45) is 1.69. The third-order valence-electron chi connectivity index (χ3n) is 2.48. The van der Waals surface area contributed by atoms with Gasteiger partial charge in [-0.2, -0.15) is 0 Å². The molecule has 1 heterocycles. The minimum absolute atomic E-state index is 0.458. The second-order valence-corrected chi connectivity index (χ2v) is 5.96. The van der Waals surface area contributed by atoms with E-state index in [9.17, 15) is 0 Å². The van der Waals surface area contributed by atoms with Gasteiger partial charge in [0.1, 0.15) is 5.76 Å². The molecule has 0 fully saturated rings. The quantitative estimate of drug-likeness (QED) is 0.803. The largest absolute Gasteiger partial charge is 0.468 e. The Bertz CT molecular complexity index is 472. The van der Waals surface area contributed by atoms with Crippen LogP contribution in [0.15, 0.2) is 52.0 Å². The van der Waals surface area contributed by atoms with Gasteiger partial charge in [0.25, 0.3) is 0 Å². The van der Waals surface area contributed by atoms with Gasteiger partial charge in [0, 0.05) is 16.7 Å². The third-order valence-corrected chi connectivity index (χ3v) is 4.10. The van der Waals surface area contributed by atoms with Crippen LogP contribution >= 0.6 is 23.4 Å². The molecule has 0 saturated heterocycles. The van der Waals surface area contributed by atoms with Crippen molar-refractivity contribution in [2.45, 2.75) is 23.6 Å². The first kappa shape index (κ1) is 13.5. The SMILES string of the molecule is CC(CNCc1ccco1)Sc1ccccc1Cl. The molecule has 1 aromatic carbocycles. The molecule has 1 N–H and O–H groups in total. The van der Waals surface area contributed by atoms with Crippen molar-refractivity contribution >= 4 is 23.4 Å². The maximum absolute atomic E-state index is 6.13. The Morgan fingerprint density at radius 3 is 2.83 bits per heavy atom. The van der Waals surface area contributed by atoms with E-state index in [0.717, 1.165) is 28.8 Å². The van der Waals surface area contributed by atoms with Crippen molar-refractivity contribution in [2.24, 2.45) is 0 Å². The molecule has 0 aliphatic rings. The fourth-order valence-electron chi connectivity index (χ4n) is 1.61. The van der Waals surface area contributed by atoms with Crippen LogP contribution in [0.2, 0.25) is 5.02 Å². The van der Waals surface area contributed by atoms with Crippen LogP contribution in [0.1, 0.15) is 12.7 Å². The van der Waals surface area contributed by atoms with Gasteiger partial charge < -0.3 is 9.73 Å². The lowest BCUT2D eigenvalue weighted by Crippen LogP contribution is -2.21. The van der Waals surface area contributed by atoms with Gasteiger partial charge in [-0.05, 0) is 24.3 Å². The molecule has 1 unspecified atom stereocenters. The Morgan fingerprint density at radius 2 is 2.11 bits per heavy atom. The van der Waals surface area contributed by atoms with Crippen LogP contribution in [0, 0.1) is 0 Å². The van der Waals surface area contributed by atoms with Crippen LogP contribution in [0.5, 0.6) is 0 Å². The van der Waals surface area contributed by atoms with E-state index >= 15 is 0 Å². The van der Waals surface area contributed by atoms with E-state index in [1.165, 1.54) is 0 Å². The monoisotopic (exact) mass is 281 g/mol. The van der Waals surface area contributed by atoms with Crippen LogP contribution < -0.4 is 5.32 Å². The van der Waals surface area contributed by atoms with Gasteiger partial charge in [0.2, 0.25) is 0 Å². The number of hydrogen-bond donors (Lipinski definition) is 1. The summed E-state index contributed by atoms with van der Waals surface area (Å²) in [6, 6.07) is 11.8. The predicted octanol–water partition coefficient (Wildman–Crippen LogP) is 4.20. The molecule has 1 aromatic heterocycles. The first-order chi connectivity index (χ1) is 8.75. The average molecular weight is 282 g/mol. The molecule has 2 rings (SSSR count). The highest BCUT2D eigenvalue weighted by Crippen LogP contribution is 2.29. The first-order valence-corrected chi connectivity index (χ1v) is 7.16. The van der Waals surface area contributed by atoms with E-state index in [0.29, 0.717) is 5.25 Å². The highest BCUT2D eigenvalue weighted by molar-refractivity contribution is 8.00. The molecule has 0 aliphatic heterocycles. The van der Waals surface area contributed by atoms with E-state index in [1.54, 1.807) is 18.0 Å². The Hall–Kier alpha value is -0.900. The maximum atomic E-state index is 6.13. The number of nitrogens with one attached hydrogen (secondary N) is 1. The average Bonchev–Trinajstić information content (AvgIpc) is 2.85. The van der Waals surface area contributed by atoms with Crippen LogP contribution in [-0.2, 0) is 6.54 Å². The normalized spacial score (nSPS) is 12.6. The molecule has 1 atom stereocenters. The molecule has 2 nitrogen and oxygen atoms in total. The Kier molecular flexibility index (Phi) is 5.17. The zero-order valence-electron chi connectivity index (χ0n) is 10.2. The summed E-state index contributed by atoms with van der Waals surface area (Å²) >= 11 is 7.91. The summed E-state index contributed by atoms with van der Waals surface area (Å²) in [5.74, 6) is 0.963. The Balaban J connectivity index is 1.75. The van der Waals surface area contributed by atoms with Crippen molar-refractivity contribution in [3.05, 3.63) is 53.4 Å². The molecule has 0 spiro atoms. The van der Waals surface area contributed by atoms with Crippen molar-refractivity contribution in [2.75, 3.05) is 6.54 Å². The standard InChI is InChI=1S/C14H16ClNOS/c1-11(9-16-10-12-5-4-8-17-12)18-14-7-3-2-6-13(14)15/h2-8,11,16H,9-10H2,1H3. The smallest absolute Gasteiger partial charge is 0.117 e. The molecule has 0 radical (unpaired) electrons. The van der Waals surface area contributed by atoms with Crippen molar-refractivity contribution in [1.82, 2.24) is 5.32 Å². The fraction of sp³-hybridized carbons (Fsp3) is 0.286. The minimum Gasteiger partial charge on any atom is -0.468 e. The highest BCUT2D eigenvalue weighted by atomic mass is 35.5. The molecule has 96 valence electrons. The summed E-state index contributed by atoms with van der Waals surface area (Å²) in [7, 11) is 0. The number of hydrogen-bond acceptors (Lipinski definition) is 3. The van der Waals surface area contributed by atoms with Crippen molar-refractivity contribution < 1.29 is 4.42 Å². The van der Waals surface area contributed by atoms with Crippen LogP contribution in [-0.4, -0.2) is 11.8 Å². The molecule has 0 amide bonds. The predicted molar refractivity (Wildman–Crippen MR) is 77.2 cm³/mol. The summed E-state index contributed by atoms with van der Waals surface area (Å²) in [6.45, 7) is 3.86. The molecular formula is C14H16ClNOS. The topological polar surface area (TPSA) is 25.2 Å². The summed E-state index contributed by atoms with van der Waals surface area (Å²) in [4.78, 5) is 1.13. The van der Waals surface area contributed by atoms with E-state index in [4.69, 9.17) is 16.0 Å². The lowest BCUT2D eigenvalue weighted by atomic mass is 10.4. The van der Waals surface area contributed by atoms with Gasteiger partial charge in [-0.3, -0.25) is 0 Å². The van der Waals surface area contributed by atoms with Crippen LogP contribution in [0.3, 0.4) is 0 Å². The highest BCUT2D eigenvalue weighted by Gasteiger charge is 2.07. The molecule has 0 aliphatic carbocycles. The molecule has 4 heteroatoms. The number of rotatable bonds is 6. The number of benzene rings is 1. The van der Waals surface area contributed by atoms with E-state index in [1.807, 2.05) is 30.3 Å². The van der Waals surface area contributed by atoms with E-state index < -0.39 is 0 Å². The van der Waals surface area contributed by atoms with Gasteiger partial charge in [-0.25, -0.2) is 0 Å². The third kappa shape index (κ3) is 4.09. The fourth-order valence-corrected chi connectivity index (χ4v) is 2.85. The number of halogens is 1. The van der Waals surface area contributed by atoms with Gasteiger partial charge in [-0.15, -0.1) is 11.8 Å². The molecule has 0 bridgehead atoms. The van der Waals surface area contributed by atoms with Crippen LogP contribution in [0.25, 0.3) is 0 Å². The molecule has 18 heavy (non-hydrogen) atoms. The van der Waals surface area contributed by atoms with Crippen molar-refractivity contribution in [3.63, 3.8) is 0 Å². The summed E-state index contributed by atoms with van der Waals surface area (Å²) in [5.41, 5.74) is 0. The summed E-state index contributed by atoms with van der Waals surface area (Å²) in [5, 5.41) is 4.65. The lowest BCUT2D eigenvalue weighted by Gasteiger charge is -2.12. The molecular weight excluding hydrogens is 266 g/mol. The first-order valence-electron chi connectivity index (χ1n) is 5.90. The zero-order chi connectivity index (χ0) is 12.8. The van der Waals surface area contributed by atoms with E-state index in [2.05, 4.69) is 18.3 Å². The van der Waals surface area contributed by atoms with Gasteiger partial charge in [-0.1, -0.05) is 30.7 Å². The Labute approximate surface area is 117 Å². The molecule has 0 saturated carbocycles. The van der Waals surface area contributed by atoms with Crippen LogP contribution in [0.4, 0.5) is 0 Å². The molecule has 2 aromatic rings.